The maximum absolute atomic E-state index is 11.1. The number of rotatable bonds is 5. The van der Waals surface area contributed by atoms with Gasteiger partial charge in [0.05, 0.1) is 11.0 Å². The second-order valence-corrected chi connectivity index (χ2v) is 4.45. The number of nitro groups is 1. The Balaban J connectivity index is 2.17. The zero-order valence-electron chi connectivity index (χ0n) is 11.3. The van der Waals surface area contributed by atoms with E-state index in [1.165, 1.54) is 6.20 Å². The first-order valence-electron chi connectivity index (χ1n) is 6.50. The van der Waals surface area contributed by atoms with E-state index >= 15 is 0 Å². The summed E-state index contributed by atoms with van der Waals surface area (Å²) < 4.78 is 5.56. The summed E-state index contributed by atoms with van der Waals surface area (Å²) in [5.74, 6) is 5.72. The number of aromatic nitrogens is 2. The number of nitrogens with one attached hydrogen (secondary N) is 1. The molecule has 1 saturated heterocycles. The van der Waals surface area contributed by atoms with Crippen LogP contribution in [-0.2, 0) is 4.74 Å². The van der Waals surface area contributed by atoms with E-state index in [0.29, 0.717) is 25.5 Å². The molecule has 1 aliphatic rings. The van der Waals surface area contributed by atoms with Gasteiger partial charge in [0.25, 0.3) is 0 Å². The van der Waals surface area contributed by atoms with E-state index < -0.39 is 4.92 Å². The lowest BCUT2D eigenvalue weighted by Gasteiger charge is -2.32. The number of nitrogens with zero attached hydrogens (tertiary/aromatic N) is 4. The first-order valence-corrected chi connectivity index (χ1v) is 6.50. The quantitative estimate of drug-likeness (QED) is 0.459. The van der Waals surface area contributed by atoms with Gasteiger partial charge in [-0.1, -0.05) is 0 Å². The molecule has 9 heteroatoms. The highest BCUT2D eigenvalue weighted by Gasteiger charge is 2.27. The lowest BCUT2D eigenvalue weighted by molar-refractivity contribution is -0.384. The Kier molecular flexibility index (Phi) is 4.64. The fraction of sp³-hybridized carbons (Fsp3) is 0.636. The molecule has 1 fully saturated rings. The monoisotopic (exact) mass is 282 g/mol. The van der Waals surface area contributed by atoms with E-state index in [4.69, 9.17) is 10.6 Å². The standard InChI is InChI=1S/C11H18N6O3/c1-2-20-8-3-5-16(6-4-8)10-9(17(18)19)7-13-11(14-10)15-12/h7-8H,2-6,12H2,1H3,(H,13,14,15). The van der Waals surface area contributed by atoms with E-state index in [-0.39, 0.29) is 17.7 Å². The minimum atomic E-state index is -0.482. The van der Waals surface area contributed by atoms with Crippen LogP contribution in [0.5, 0.6) is 0 Å². The minimum Gasteiger partial charge on any atom is -0.378 e. The minimum absolute atomic E-state index is 0.112. The summed E-state index contributed by atoms with van der Waals surface area (Å²) in [6, 6.07) is 0. The Bertz CT molecular complexity index is 475. The second-order valence-electron chi connectivity index (χ2n) is 4.45. The van der Waals surface area contributed by atoms with Crippen molar-refractivity contribution in [3.8, 4) is 0 Å². The van der Waals surface area contributed by atoms with Gasteiger partial charge in [-0.05, 0) is 19.8 Å². The summed E-state index contributed by atoms with van der Waals surface area (Å²) in [6.07, 6.45) is 3.02. The fourth-order valence-electron chi connectivity index (χ4n) is 2.27. The Labute approximate surface area is 116 Å². The van der Waals surface area contributed by atoms with Crippen LogP contribution in [0.4, 0.5) is 17.5 Å². The number of piperidine rings is 1. The van der Waals surface area contributed by atoms with Gasteiger partial charge in [-0.25, -0.2) is 10.8 Å². The third-order valence-electron chi connectivity index (χ3n) is 3.22. The summed E-state index contributed by atoms with van der Waals surface area (Å²) in [6.45, 7) is 3.96. The second kappa shape index (κ2) is 6.44. The van der Waals surface area contributed by atoms with E-state index in [2.05, 4.69) is 15.4 Å². The summed E-state index contributed by atoms with van der Waals surface area (Å²) in [7, 11) is 0. The molecule has 2 rings (SSSR count). The predicted octanol–water partition coefficient (Wildman–Crippen LogP) is 0.676. The maximum atomic E-state index is 11.1. The van der Waals surface area contributed by atoms with Crippen molar-refractivity contribution in [2.75, 3.05) is 30.0 Å². The predicted molar refractivity (Wildman–Crippen MR) is 73.4 cm³/mol. The van der Waals surface area contributed by atoms with Gasteiger partial charge in [0.2, 0.25) is 11.8 Å². The molecule has 110 valence electrons. The third kappa shape index (κ3) is 3.11. The molecule has 0 aromatic carbocycles. The topological polar surface area (TPSA) is 119 Å². The van der Waals surface area contributed by atoms with E-state index in [1.54, 1.807) is 0 Å². The van der Waals surface area contributed by atoms with Gasteiger partial charge in [-0.2, -0.15) is 4.98 Å². The van der Waals surface area contributed by atoms with Crippen LogP contribution in [0.15, 0.2) is 6.20 Å². The van der Waals surface area contributed by atoms with Crippen molar-refractivity contribution in [2.24, 2.45) is 5.84 Å². The molecule has 9 nitrogen and oxygen atoms in total. The summed E-state index contributed by atoms with van der Waals surface area (Å²) >= 11 is 0. The molecule has 0 radical (unpaired) electrons. The first kappa shape index (κ1) is 14.4. The summed E-state index contributed by atoms with van der Waals surface area (Å²) in [4.78, 5) is 20.3. The first-order chi connectivity index (χ1) is 9.65. The number of hydrazine groups is 1. The highest BCUT2D eigenvalue weighted by molar-refractivity contribution is 5.59. The van der Waals surface area contributed by atoms with Crippen LogP contribution >= 0.6 is 0 Å². The Morgan fingerprint density at radius 2 is 2.30 bits per heavy atom. The van der Waals surface area contributed by atoms with Gasteiger partial charge in [-0.15, -0.1) is 0 Å². The van der Waals surface area contributed by atoms with Crippen LogP contribution < -0.4 is 16.2 Å². The Hall–Kier alpha value is -2.00. The van der Waals surface area contributed by atoms with Crippen LogP contribution in [0, 0.1) is 10.1 Å². The average Bonchev–Trinajstić information content (AvgIpc) is 2.47. The highest BCUT2D eigenvalue weighted by atomic mass is 16.6. The van der Waals surface area contributed by atoms with Crippen molar-refractivity contribution in [3.63, 3.8) is 0 Å². The van der Waals surface area contributed by atoms with Gasteiger partial charge >= 0.3 is 5.69 Å². The van der Waals surface area contributed by atoms with Gasteiger partial charge in [0.1, 0.15) is 6.20 Å². The largest absolute Gasteiger partial charge is 0.378 e. The van der Waals surface area contributed by atoms with Crippen molar-refractivity contribution in [2.45, 2.75) is 25.9 Å². The lowest BCUT2D eigenvalue weighted by Crippen LogP contribution is -2.38. The van der Waals surface area contributed by atoms with Gasteiger partial charge < -0.3 is 9.64 Å². The van der Waals surface area contributed by atoms with Crippen molar-refractivity contribution in [1.29, 1.82) is 0 Å². The molecule has 0 unspecified atom stereocenters. The zero-order chi connectivity index (χ0) is 14.5. The number of nitrogens with two attached hydrogens (primary N) is 1. The highest BCUT2D eigenvalue weighted by Crippen LogP contribution is 2.28. The lowest BCUT2D eigenvalue weighted by atomic mass is 10.1. The van der Waals surface area contributed by atoms with E-state index in [0.717, 1.165) is 12.8 Å². The van der Waals surface area contributed by atoms with Crippen molar-refractivity contribution >= 4 is 17.5 Å². The molecule has 0 saturated carbocycles. The third-order valence-corrected chi connectivity index (χ3v) is 3.22. The van der Waals surface area contributed by atoms with Crippen LogP contribution in [0.2, 0.25) is 0 Å². The van der Waals surface area contributed by atoms with Crippen LogP contribution in [-0.4, -0.2) is 40.7 Å². The van der Waals surface area contributed by atoms with Gasteiger partial charge in [-0.3, -0.25) is 15.5 Å². The van der Waals surface area contributed by atoms with Crippen LogP contribution in [0.3, 0.4) is 0 Å². The molecule has 0 amide bonds. The van der Waals surface area contributed by atoms with Crippen molar-refractivity contribution in [1.82, 2.24) is 9.97 Å². The van der Waals surface area contributed by atoms with Gasteiger partial charge in [0, 0.05) is 19.7 Å². The van der Waals surface area contributed by atoms with Crippen LogP contribution in [0.1, 0.15) is 19.8 Å². The number of anilines is 2. The molecule has 1 aromatic rings. The molecule has 1 aliphatic heterocycles. The molecule has 0 atom stereocenters. The fourth-order valence-corrected chi connectivity index (χ4v) is 2.27. The molecule has 1 aromatic heterocycles. The molecule has 0 aliphatic carbocycles. The molecular weight excluding hydrogens is 264 g/mol. The normalized spacial score (nSPS) is 16.2. The van der Waals surface area contributed by atoms with E-state index in [1.807, 2.05) is 11.8 Å². The molecule has 0 spiro atoms. The Morgan fingerprint density at radius 3 is 2.85 bits per heavy atom. The molecule has 0 bridgehead atoms. The molecular formula is C11H18N6O3. The van der Waals surface area contributed by atoms with Crippen LogP contribution in [0.25, 0.3) is 0 Å². The zero-order valence-corrected chi connectivity index (χ0v) is 11.3. The number of ether oxygens (including phenoxy) is 1. The number of nitrogen functional groups attached to an aromatic ring is 1. The summed E-state index contributed by atoms with van der Waals surface area (Å²) in [5, 5.41) is 11.1. The smallest absolute Gasteiger partial charge is 0.329 e. The van der Waals surface area contributed by atoms with Gasteiger partial charge in [0.15, 0.2) is 0 Å². The summed E-state index contributed by atoms with van der Waals surface area (Å²) in [5.41, 5.74) is 2.19. The molecule has 20 heavy (non-hydrogen) atoms. The molecule has 2 heterocycles. The molecule has 3 N–H and O–H groups in total. The maximum Gasteiger partial charge on any atom is 0.329 e. The number of hydrogen-bond donors (Lipinski definition) is 2. The van der Waals surface area contributed by atoms with E-state index in [9.17, 15) is 10.1 Å². The number of hydrogen-bond acceptors (Lipinski definition) is 8. The average molecular weight is 282 g/mol. The van der Waals surface area contributed by atoms with Crippen molar-refractivity contribution in [3.05, 3.63) is 16.3 Å². The SMILES string of the molecule is CCOC1CCN(c2nc(NN)ncc2[N+](=O)[O-])CC1. The van der Waals surface area contributed by atoms with Crippen molar-refractivity contribution < 1.29 is 9.66 Å². The Morgan fingerprint density at radius 1 is 1.60 bits per heavy atom.